The van der Waals surface area contributed by atoms with E-state index in [1.807, 2.05) is 58.0 Å². The van der Waals surface area contributed by atoms with Crippen LogP contribution in [-0.4, -0.2) is 45.0 Å². The Morgan fingerprint density at radius 3 is 2.35 bits per heavy atom. The van der Waals surface area contributed by atoms with Gasteiger partial charge in [-0.05, 0) is 43.9 Å². The SMILES string of the molecule is CC(C)c1ccc(C(O)(c2cnnc(C#N)c2)C2(C)CN(C(=O)OC(C)(C)C)C2)cc1. The summed E-state index contributed by atoms with van der Waals surface area (Å²) in [6, 6.07) is 11.4. The molecule has 0 radical (unpaired) electrons. The molecule has 0 bridgehead atoms. The number of benzene rings is 1. The number of rotatable bonds is 4. The molecule has 1 amide bonds. The Hall–Kier alpha value is -2.98. The number of ether oxygens (including phenoxy) is 1. The van der Waals surface area contributed by atoms with E-state index in [9.17, 15) is 15.2 Å². The van der Waals surface area contributed by atoms with E-state index in [0.717, 1.165) is 5.56 Å². The number of nitriles is 1. The van der Waals surface area contributed by atoms with Crippen LogP contribution in [0.4, 0.5) is 4.79 Å². The predicted molar refractivity (Wildman–Crippen MR) is 116 cm³/mol. The fourth-order valence-electron chi connectivity index (χ4n) is 4.07. The van der Waals surface area contributed by atoms with Crippen LogP contribution in [0.15, 0.2) is 36.5 Å². The van der Waals surface area contributed by atoms with Crippen molar-refractivity contribution >= 4 is 6.09 Å². The molecule has 7 nitrogen and oxygen atoms in total. The molecule has 2 aromatic rings. The Bertz CT molecular complexity index is 999. The predicted octanol–water partition coefficient (Wildman–Crippen LogP) is 3.96. The van der Waals surface area contributed by atoms with Crippen molar-refractivity contribution < 1.29 is 14.6 Å². The Labute approximate surface area is 183 Å². The molecule has 1 atom stereocenters. The fraction of sp³-hybridized carbons (Fsp3) is 0.500. The highest BCUT2D eigenvalue weighted by atomic mass is 16.6. The van der Waals surface area contributed by atoms with Crippen LogP contribution in [0.25, 0.3) is 0 Å². The maximum Gasteiger partial charge on any atom is 0.410 e. The Balaban J connectivity index is 2.01. The minimum Gasteiger partial charge on any atom is -0.444 e. The molecule has 1 N–H and O–H groups in total. The van der Waals surface area contributed by atoms with Crippen LogP contribution in [-0.2, 0) is 10.3 Å². The summed E-state index contributed by atoms with van der Waals surface area (Å²) in [5.74, 6) is 0.358. The second kappa shape index (κ2) is 7.93. The van der Waals surface area contributed by atoms with E-state index in [2.05, 4.69) is 24.0 Å². The smallest absolute Gasteiger partial charge is 0.410 e. The number of nitrogens with zero attached hydrogens (tertiary/aromatic N) is 4. The molecule has 164 valence electrons. The Kier molecular flexibility index (Phi) is 5.81. The topological polar surface area (TPSA) is 99.3 Å². The van der Waals surface area contributed by atoms with E-state index in [4.69, 9.17) is 4.74 Å². The van der Waals surface area contributed by atoms with E-state index >= 15 is 0 Å². The van der Waals surface area contributed by atoms with Gasteiger partial charge in [0.25, 0.3) is 0 Å². The maximum atomic E-state index is 12.5. The second-order valence-corrected chi connectivity index (χ2v) is 9.83. The Morgan fingerprint density at radius 2 is 1.84 bits per heavy atom. The lowest BCUT2D eigenvalue weighted by Gasteiger charge is -2.56. The molecule has 3 rings (SSSR count). The van der Waals surface area contributed by atoms with Crippen molar-refractivity contribution in [2.24, 2.45) is 5.41 Å². The molecule has 31 heavy (non-hydrogen) atoms. The highest BCUT2D eigenvalue weighted by Gasteiger charge is 2.58. The molecule has 7 heteroatoms. The largest absolute Gasteiger partial charge is 0.444 e. The number of aliphatic hydroxyl groups is 1. The Morgan fingerprint density at radius 1 is 1.23 bits per heavy atom. The molecule has 0 spiro atoms. The van der Waals surface area contributed by atoms with Gasteiger partial charge in [-0.25, -0.2) is 4.79 Å². The van der Waals surface area contributed by atoms with E-state index in [0.29, 0.717) is 30.1 Å². The number of carbonyl (C=O) groups excluding carboxylic acids is 1. The van der Waals surface area contributed by atoms with Crippen LogP contribution in [0.3, 0.4) is 0 Å². The zero-order valence-corrected chi connectivity index (χ0v) is 19.0. The first-order valence-corrected chi connectivity index (χ1v) is 10.4. The number of amides is 1. The van der Waals surface area contributed by atoms with Crippen molar-refractivity contribution in [1.29, 1.82) is 5.26 Å². The van der Waals surface area contributed by atoms with Gasteiger partial charge in [0.15, 0.2) is 5.69 Å². The van der Waals surface area contributed by atoms with Gasteiger partial charge in [0.1, 0.15) is 17.3 Å². The van der Waals surface area contributed by atoms with Gasteiger partial charge in [0, 0.05) is 24.1 Å². The molecule has 0 aliphatic carbocycles. The first-order valence-electron chi connectivity index (χ1n) is 10.4. The van der Waals surface area contributed by atoms with Crippen molar-refractivity contribution in [3.8, 4) is 6.07 Å². The summed E-state index contributed by atoms with van der Waals surface area (Å²) in [6.45, 7) is 12.2. The van der Waals surface area contributed by atoms with Crippen LogP contribution in [0.1, 0.15) is 69.8 Å². The van der Waals surface area contributed by atoms with Crippen LogP contribution in [0, 0.1) is 16.7 Å². The summed E-state index contributed by atoms with van der Waals surface area (Å²) >= 11 is 0. The summed E-state index contributed by atoms with van der Waals surface area (Å²) in [4.78, 5) is 14.1. The molecule has 1 fully saturated rings. The van der Waals surface area contributed by atoms with Crippen molar-refractivity contribution in [2.45, 2.75) is 58.7 Å². The third-order valence-corrected chi connectivity index (χ3v) is 5.79. The summed E-state index contributed by atoms with van der Waals surface area (Å²) in [5, 5.41) is 29.2. The molecule has 1 aromatic carbocycles. The minimum absolute atomic E-state index is 0.127. The first kappa shape index (κ1) is 22.7. The van der Waals surface area contributed by atoms with Crippen molar-refractivity contribution in [3.63, 3.8) is 0 Å². The van der Waals surface area contributed by atoms with Gasteiger partial charge >= 0.3 is 6.09 Å². The summed E-state index contributed by atoms with van der Waals surface area (Å²) in [6.07, 6.45) is 1.08. The van der Waals surface area contributed by atoms with E-state index in [-0.39, 0.29) is 5.69 Å². The van der Waals surface area contributed by atoms with Gasteiger partial charge in [-0.2, -0.15) is 10.4 Å². The number of hydrogen-bond acceptors (Lipinski definition) is 6. The molecule has 1 aliphatic heterocycles. The van der Waals surface area contributed by atoms with Crippen molar-refractivity contribution in [3.05, 3.63) is 58.9 Å². The highest BCUT2D eigenvalue weighted by molar-refractivity contribution is 5.70. The average molecular weight is 423 g/mol. The van der Waals surface area contributed by atoms with Gasteiger partial charge in [0.2, 0.25) is 0 Å². The molecular formula is C24H30N4O3. The summed E-state index contributed by atoms with van der Waals surface area (Å²) in [5.41, 5.74) is -0.333. The molecule has 1 aromatic heterocycles. The van der Waals surface area contributed by atoms with Crippen molar-refractivity contribution in [2.75, 3.05) is 13.1 Å². The summed E-state index contributed by atoms with van der Waals surface area (Å²) < 4.78 is 5.48. The van der Waals surface area contributed by atoms with Gasteiger partial charge in [-0.15, -0.1) is 5.10 Å². The highest BCUT2D eigenvalue weighted by Crippen LogP contribution is 2.50. The number of carbonyl (C=O) groups is 1. The normalized spacial score (nSPS) is 17.5. The van der Waals surface area contributed by atoms with Crippen molar-refractivity contribution in [1.82, 2.24) is 15.1 Å². The quantitative estimate of drug-likeness (QED) is 0.800. The second-order valence-electron chi connectivity index (χ2n) is 9.83. The third-order valence-electron chi connectivity index (χ3n) is 5.79. The van der Waals surface area contributed by atoms with Crippen LogP contribution < -0.4 is 0 Å². The van der Waals surface area contributed by atoms with E-state index in [1.165, 1.54) is 6.20 Å². The van der Waals surface area contributed by atoms with Gasteiger partial charge in [-0.3, -0.25) is 0 Å². The lowest BCUT2D eigenvalue weighted by atomic mass is 9.62. The number of aromatic nitrogens is 2. The van der Waals surface area contributed by atoms with Crippen LogP contribution in [0.5, 0.6) is 0 Å². The van der Waals surface area contributed by atoms with E-state index in [1.54, 1.807) is 11.0 Å². The number of hydrogen-bond donors (Lipinski definition) is 1. The van der Waals surface area contributed by atoms with E-state index < -0.39 is 22.7 Å². The fourth-order valence-corrected chi connectivity index (χ4v) is 4.07. The van der Waals surface area contributed by atoms with Gasteiger partial charge < -0.3 is 14.7 Å². The lowest BCUT2D eigenvalue weighted by Crippen LogP contribution is -2.66. The maximum absolute atomic E-state index is 12.5. The molecule has 2 heterocycles. The standard InChI is InChI=1S/C24H30N4O3/c1-16(2)17-7-9-18(10-8-17)24(30,19-11-20(12-25)27-26-13-19)23(6)14-28(15-23)21(29)31-22(3,4)5/h7-11,13,16,30H,14-15H2,1-6H3. The third kappa shape index (κ3) is 4.26. The molecule has 1 aliphatic rings. The zero-order chi connectivity index (χ0) is 23.0. The molecule has 1 saturated heterocycles. The molecular weight excluding hydrogens is 392 g/mol. The summed E-state index contributed by atoms with van der Waals surface area (Å²) in [7, 11) is 0. The lowest BCUT2D eigenvalue weighted by molar-refractivity contribution is -0.131. The minimum atomic E-state index is -1.47. The van der Waals surface area contributed by atoms with Crippen LogP contribution in [0.2, 0.25) is 0 Å². The van der Waals surface area contributed by atoms with Gasteiger partial charge in [0.05, 0.1) is 6.20 Å². The van der Waals surface area contributed by atoms with Gasteiger partial charge in [-0.1, -0.05) is 45.0 Å². The number of likely N-dealkylation sites (tertiary alicyclic amines) is 1. The first-order chi connectivity index (χ1) is 14.4. The monoisotopic (exact) mass is 422 g/mol. The molecule has 0 saturated carbocycles. The molecule has 1 unspecified atom stereocenters. The average Bonchev–Trinajstić information content (AvgIpc) is 2.69. The zero-order valence-electron chi connectivity index (χ0n) is 19.0. The van der Waals surface area contributed by atoms with Crippen LogP contribution >= 0.6 is 0 Å².